The molecule has 0 fully saturated rings. The van der Waals surface area contributed by atoms with Crippen molar-refractivity contribution < 1.29 is 0 Å². The van der Waals surface area contributed by atoms with E-state index >= 15 is 0 Å². The van der Waals surface area contributed by atoms with Crippen LogP contribution in [0.25, 0.3) is 0 Å². The van der Waals surface area contributed by atoms with Crippen LogP contribution in [-0.2, 0) is 12.8 Å². The van der Waals surface area contributed by atoms with E-state index in [1.165, 1.54) is 11.1 Å². The molecule has 0 aliphatic carbocycles. The number of nitrogens with two attached hydrogens (primary N) is 1. The number of hydrogen-bond acceptors (Lipinski definition) is 4. The number of aryl methyl sites for hydroxylation is 1. The summed E-state index contributed by atoms with van der Waals surface area (Å²) in [6, 6.07) is 6.12. The van der Waals surface area contributed by atoms with Crippen LogP contribution in [-0.4, -0.2) is 0 Å². The van der Waals surface area contributed by atoms with Crippen LogP contribution in [0.4, 0.5) is 11.4 Å². The van der Waals surface area contributed by atoms with Crippen molar-refractivity contribution in [3.63, 3.8) is 0 Å². The maximum absolute atomic E-state index is 11.5. The summed E-state index contributed by atoms with van der Waals surface area (Å²) in [4.78, 5) is 22.6. The lowest BCUT2D eigenvalue weighted by molar-refractivity contribution is 0.808. The molecule has 4 nitrogen and oxygen atoms in total. The number of rotatable bonds is 2. The minimum Gasteiger partial charge on any atom is -0.395 e. The highest BCUT2D eigenvalue weighted by Gasteiger charge is 2.30. The second-order valence-corrected chi connectivity index (χ2v) is 4.73. The van der Waals surface area contributed by atoms with Gasteiger partial charge in [0, 0.05) is 5.69 Å². The van der Waals surface area contributed by atoms with Crippen LogP contribution in [0.15, 0.2) is 27.8 Å². The number of fused-ring (bicyclic) bond motifs is 1. The van der Waals surface area contributed by atoms with Crippen molar-refractivity contribution in [2.24, 2.45) is 0 Å². The first kappa shape index (κ1) is 11.0. The number of benzene rings is 1. The maximum atomic E-state index is 11.5. The van der Waals surface area contributed by atoms with Crippen LogP contribution >= 0.6 is 0 Å². The smallest absolute Gasteiger partial charge is 0.249 e. The van der Waals surface area contributed by atoms with Gasteiger partial charge in [0.25, 0.3) is 0 Å². The van der Waals surface area contributed by atoms with Gasteiger partial charge in [0.15, 0.2) is 0 Å². The van der Waals surface area contributed by atoms with E-state index in [4.69, 9.17) is 5.73 Å². The summed E-state index contributed by atoms with van der Waals surface area (Å²) in [7, 11) is 0. The molecule has 0 saturated carbocycles. The Balaban J connectivity index is 1.94. The molecule has 1 atom stereocenters. The average Bonchev–Trinajstić information content (AvgIpc) is 2.80. The largest absolute Gasteiger partial charge is 0.395 e. The molecule has 1 heterocycles. The van der Waals surface area contributed by atoms with Gasteiger partial charge in [-0.2, -0.15) is 0 Å². The molecule has 3 rings (SSSR count). The Kier molecular flexibility index (Phi) is 2.26. The van der Waals surface area contributed by atoms with Gasteiger partial charge in [-0.25, -0.2) is 0 Å². The highest BCUT2D eigenvalue weighted by Crippen LogP contribution is 2.35. The highest BCUT2D eigenvalue weighted by atomic mass is 16.2. The Labute approximate surface area is 104 Å². The Bertz CT molecular complexity index is 696. The second kappa shape index (κ2) is 3.70. The first-order valence-corrected chi connectivity index (χ1v) is 6.08. The SMILES string of the molecule is CCc1ccc2c(c1)NC(c1c(N)c(=O)c1=O)C2. The summed E-state index contributed by atoms with van der Waals surface area (Å²) in [6.45, 7) is 2.10. The van der Waals surface area contributed by atoms with Crippen LogP contribution in [0.5, 0.6) is 0 Å². The van der Waals surface area contributed by atoms with E-state index in [0.717, 1.165) is 12.1 Å². The molecule has 2 aromatic carbocycles. The van der Waals surface area contributed by atoms with Gasteiger partial charge < -0.3 is 11.1 Å². The monoisotopic (exact) mass is 242 g/mol. The molecule has 0 radical (unpaired) electrons. The van der Waals surface area contributed by atoms with Gasteiger partial charge >= 0.3 is 0 Å². The zero-order chi connectivity index (χ0) is 12.9. The van der Waals surface area contributed by atoms with Gasteiger partial charge in [0.2, 0.25) is 10.9 Å². The van der Waals surface area contributed by atoms with Crippen LogP contribution in [0, 0.1) is 0 Å². The third-order valence-corrected chi connectivity index (χ3v) is 3.67. The van der Waals surface area contributed by atoms with Crippen LogP contribution < -0.4 is 21.9 Å². The minimum absolute atomic E-state index is 0.126. The summed E-state index contributed by atoms with van der Waals surface area (Å²) in [5, 5.41) is 3.28. The standard InChI is InChI=1S/C14H14N2O2/c1-2-7-3-4-8-6-10(16-9(8)5-7)11-12(15)14(18)13(11)17/h3-5,10,16H,2,6,15H2,1H3. The summed E-state index contributed by atoms with van der Waals surface area (Å²) in [5.41, 5.74) is 8.66. The maximum Gasteiger partial charge on any atom is 0.249 e. The highest BCUT2D eigenvalue weighted by molar-refractivity contribution is 5.64. The number of hydrogen-bond donors (Lipinski definition) is 2. The normalized spacial score (nSPS) is 17.7. The predicted molar refractivity (Wildman–Crippen MR) is 71.7 cm³/mol. The second-order valence-electron chi connectivity index (χ2n) is 4.73. The minimum atomic E-state index is -0.544. The topological polar surface area (TPSA) is 72.2 Å². The molecular weight excluding hydrogens is 228 g/mol. The van der Waals surface area contributed by atoms with E-state index in [-0.39, 0.29) is 11.7 Å². The van der Waals surface area contributed by atoms with Gasteiger partial charge in [-0.3, -0.25) is 9.59 Å². The number of nitrogens with one attached hydrogen (secondary N) is 1. The lowest BCUT2D eigenvalue weighted by Crippen LogP contribution is -2.40. The molecule has 1 aliphatic rings. The predicted octanol–water partition coefficient (Wildman–Crippen LogP) is 1.14. The van der Waals surface area contributed by atoms with Crippen molar-refractivity contribution >= 4 is 11.4 Å². The van der Waals surface area contributed by atoms with Gasteiger partial charge in [0.05, 0.1) is 17.3 Å². The van der Waals surface area contributed by atoms with Gasteiger partial charge in [-0.05, 0) is 30.0 Å². The zero-order valence-corrected chi connectivity index (χ0v) is 10.1. The van der Waals surface area contributed by atoms with Crippen molar-refractivity contribution in [3.05, 3.63) is 55.3 Å². The van der Waals surface area contributed by atoms with Crippen LogP contribution in [0.2, 0.25) is 0 Å². The molecule has 4 heteroatoms. The van der Waals surface area contributed by atoms with E-state index in [9.17, 15) is 9.59 Å². The van der Waals surface area contributed by atoms with E-state index in [1.807, 2.05) is 0 Å². The fourth-order valence-electron chi connectivity index (χ4n) is 2.56. The van der Waals surface area contributed by atoms with E-state index < -0.39 is 10.9 Å². The number of anilines is 2. The molecule has 2 aromatic rings. The quantitative estimate of drug-likeness (QED) is 0.774. The summed E-state index contributed by atoms with van der Waals surface area (Å²) in [6.07, 6.45) is 1.69. The van der Waals surface area contributed by atoms with E-state index in [2.05, 4.69) is 30.4 Å². The van der Waals surface area contributed by atoms with Crippen molar-refractivity contribution in [2.75, 3.05) is 11.1 Å². The molecule has 0 amide bonds. The Hall–Kier alpha value is -2.10. The fraction of sp³-hybridized carbons (Fsp3) is 0.286. The molecule has 0 saturated heterocycles. The average molecular weight is 242 g/mol. The van der Waals surface area contributed by atoms with Gasteiger partial charge in [0.1, 0.15) is 0 Å². The Morgan fingerprint density at radius 2 is 2.11 bits per heavy atom. The lowest BCUT2D eigenvalue weighted by atomic mass is 9.97. The Morgan fingerprint density at radius 3 is 2.78 bits per heavy atom. The van der Waals surface area contributed by atoms with Crippen LogP contribution in [0.3, 0.4) is 0 Å². The first-order chi connectivity index (χ1) is 8.61. The molecule has 0 aromatic heterocycles. The third kappa shape index (κ3) is 1.38. The first-order valence-electron chi connectivity index (χ1n) is 6.08. The summed E-state index contributed by atoms with van der Waals surface area (Å²) in [5.74, 6) is 0. The molecule has 1 unspecified atom stereocenters. The molecule has 18 heavy (non-hydrogen) atoms. The van der Waals surface area contributed by atoms with E-state index in [0.29, 0.717) is 12.0 Å². The molecule has 1 aliphatic heterocycles. The van der Waals surface area contributed by atoms with Crippen molar-refractivity contribution in [1.82, 2.24) is 0 Å². The molecular formula is C14H14N2O2. The zero-order valence-electron chi connectivity index (χ0n) is 10.1. The summed E-state index contributed by atoms with van der Waals surface area (Å²) < 4.78 is 0. The fourth-order valence-corrected chi connectivity index (χ4v) is 2.56. The van der Waals surface area contributed by atoms with E-state index in [1.54, 1.807) is 0 Å². The number of nitrogen functional groups attached to an aromatic ring is 1. The lowest BCUT2D eigenvalue weighted by Gasteiger charge is -2.14. The van der Waals surface area contributed by atoms with Crippen molar-refractivity contribution in [1.29, 1.82) is 0 Å². The molecule has 0 bridgehead atoms. The van der Waals surface area contributed by atoms with Crippen LogP contribution in [0.1, 0.15) is 29.7 Å². The van der Waals surface area contributed by atoms with Crippen molar-refractivity contribution in [3.8, 4) is 0 Å². The van der Waals surface area contributed by atoms with Crippen molar-refractivity contribution in [2.45, 2.75) is 25.8 Å². The summed E-state index contributed by atoms with van der Waals surface area (Å²) >= 11 is 0. The third-order valence-electron chi connectivity index (χ3n) is 3.67. The Morgan fingerprint density at radius 1 is 1.33 bits per heavy atom. The molecule has 92 valence electrons. The van der Waals surface area contributed by atoms with Gasteiger partial charge in [-0.15, -0.1) is 0 Å². The van der Waals surface area contributed by atoms with Gasteiger partial charge in [-0.1, -0.05) is 19.1 Å². The molecule has 0 spiro atoms. The molecule has 3 N–H and O–H groups in total.